The second kappa shape index (κ2) is 16.8. The van der Waals surface area contributed by atoms with Crippen LogP contribution in [0.4, 0.5) is 4.39 Å². The molecule has 34 heavy (non-hydrogen) atoms. The van der Waals surface area contributed by atoms with Crippen LogP contribution in [0.15, 0.2) is 18.2 Å². The van der Waals surface area contributed by atoms with Gasteiger partial charge < -0.3 is 10.5 Å². The summed E-state index contributed by atoms with van der Waals surface area (Å²) in [4.78, 5) is 8.81. The number of halogens is 1. The number of hydrogen-bond acceptors (Lipinski definition) is 2. The molecule has 3 heteroatoms. The van der Waals surface area contributed by atoms with E-state index in [-0.39, 0.29) is 0 Å². The Labute approximate surface area is 211 Å². The lowest BCUT2D eigenvalue weighted by Gasteiger charge is -2.20. The summed E-state index contributed by atoms with van der Waals surface area (Å²) in [5.74, 6) is 0.844. The van der Waals surface area contributed by atoms with Crippen molar-refractivity contribution in [2.24, 2.45) is 17.1 Å². The predicted molar refractivity (Wildman–Crippen MR) is 152 cm³/mol. The van der Waals surface area contributed by atoms with E-state index in [4.69, 9.17) is 4.79 Å². The van der Waals surface area contributed by atoms with Crippen LogP contribution in [0.25, 0.3) is 12.2 Å². The summed E-state index contributed by atoms with van der Waals surface area (Å²) in [6, 6.07) is 2.41. The van der Waals surface area contributed by atoms with E-state index in [0.29, 0.717) is 11.8 Å². The number of allylic oxidation sites excluding steroid dienone is 1. The van der Waals surface area contributed by atoms with Crippen molar-refractivity contribution in [3.05, 3.63) is 46.0 Å². The Kier molecular flexibility index (Phi) is 17.0. The van der Waals surface area contributed by atoms with Gasteiger partial charge in [-0.1, -0.05) is 71.4 Å². The number of carbonyl (C=O) groups is 1. The molecule has 0 heterocycles. The van der Waals surface area contributed by atoms with Gasteiger partial charge in [-0.25, -0.2) is 4.39 Å². The van der Waals surface area contributed by atoms with Crippen LogP contribution in [0.5, 0.6) is 0 Å². The van der Waals surface area contributed by atoms with Gasteiger partial charge in [0.25, 0.3) is 0 Å². The van der Waals surface area contributed by atoms with Crippen molar-refractivity contribution in [3.8, 4) is 0 Å². The molecule has 2 aliphatic carbocycles. The minimum Gasteiger partial charge on any atom is -0.333 e. The normalized spacial score (nSPS) is 18.3. The number of fused-ring (bicyclic) bond motifs is 1. The monoisotopic (exact) mass is 475 g/mol. The average molecular weight is 476 g/mol. The first-order chi connectivity index (χ1) is 15.9. The molecular weight excluding hydrogens is 421 g/mol. The van der Waals surface area contributed by atoms with Crippen LogP contribution in [0.2, 0.25) is 0 Å². The molecule has 3 rings (SSSR count). The molecule has 0 aromatic heterocycles. The lowest BCUT2D eigenvalue weighted by Crippen LogP contribution is -2.14. The van der Waals surface area contributed by atoms with E-state index < -0.39 is 5.67 Å². The van der Waals surface area contributed by atoms with Gasteiger partial charge in [-0.3, -0.25) is 0 Å². The Morgan fingerprint density at radius 3 is 2.06 bits per heavy atom. The smallest absolute Gasteiger partial charge is 0.116 e. The van der Waals surface area contributed by atoms with Gasteiger partial charge in [0.05, 0.1) is 0 Å². The van der Waals surface area contributed by atoms with E-state index >= 15 is 0 Å². The van der Waals surface area contributed by atoms with E-state index in [1.54, 1.807) is 30.5 Å². The SMILES string of the molecule is C=Cc1cc2c(c(C)c1/C=C(\C)C1CC1)CC(C)(CC)C2.CC.CC=O.CCC(C)(C)F.CN. The Bertz CT molecular complexity index is 769. The molecule has 196 valence electrons. The predicted octanol–water partition coefficient (Wildman–Crippen LogP) is 8.92. The van der Waals surface area contributed by atoms with Crippen molar-refractivity contribution in [2.45, 2.75) is 113 Å². The molecule has 1 aromatic carbocycles. The van der Waals surface area contributed by atoms with E-state index in [9.17, 15) is 4.39 Å². The zero-order valence-corrected chi connectivity index (χ0v) is 24.2. The zero-order valence-electron chi connectivity index (χ0n) is 24.2. The van der Waals surface area contributed by atoms with Crippen LogP contribution >= 0.6 is 0 Å². The largest absolute Gasteiger partial charge is 0.333 e. The van der Waals surface area contributed by atoms with E-state index in [2.05, 4.69) is 52.1 Å². The highest BCUT2D eigenvalue weighted by atomic mass is 19.1. The number of aldehydes is 1. The average Bonchev–Trinajstić information content (AvgIpc) is 3.61. The molecule has 1 aromatic rings. The first kappa shape index (κ1) is 34.4. The molecule has 2 nitrogen and oxygen atoms in total. The summed E-state index contributed by atoms with van der Waals surface area (Å²) in [7, 11) is 1.50. The minimum absolute atomic E-state index is 0.458. The van der Waals surface area contributed by atoms with E-state index in [1.165, 1.54) is 62.8 Å². The fourth-order valence-electron chi connectivity index (χ4n) is 3.82. The Morgan fingerprint density at radius 2 is 1.71 bits per heavy atom. The molecule has 1 unspecified atom stereocenters. The molecule has 0 aliphatic heterocycles. The topological polar surface area (TPSA) is 43.1 Å². The summed E-state index contributed by atoms with van der Waals surface area (Å²) in [5.41, 5.74) is 13.0. The fraction of sp³-hybridized carbons (Fsp3) is 0.645. The highest BCUT2D eigenvalue weighted by molar-refractivity contribution is 5.71. The number of rotatable bonds is 5. The lowest BCUT2D eigenvalue weighted by atomic mass is 9.84. The van der Waals surface area contributed by atoms with Crippen LogP contribution < -0.4 is 5.73 Å². The van der Waals surface area contributed by atoms with Gasteiger partial charge in [0.15, 0.2) is 0 Å². The number of carbonyl (C=O) groups excluding carboxylic acids is 1. The zero-order chi connectivity index (χ0) is 27.1. The summed E-state index contributed by atoms with van der Waals surface area (Å²) < 4.78 is 12.1. The summed E-state index contributed by atoms with van der Waals surface area (Å²) in [5, 5.41) is 0. The lowest BCUT2D eigenvalue weighted by molar-refractivity contribution is -0.106. The molecule has 1 fully saturated rings. The number of alkyl halides is 1. The molecule has 1 atom stereocenters. The van der Waals surface area contributed by atoms with Gasteiger partial charge in [0.2, 0.25) is 0 Å². The maximum Gasteiger partial charge on any atom is 0.116 e. The standard InChI is InChI=1S/C21H28.C5H11F.C2H4O.C2H6.CH5N/c1-6-16-11-18-12-21(5,7-2)13-20(18)15(4)19(16)10-14(3)17-8-9-17;1-4-5(2,3)6;1-2-3;2*1-2/h6,10-11,17H,1,7-9,12-13H2,2-5H3;4H2,1-3H3;2H,1H3;1-2H3;2H2,1H3/b14-10+;;;;. The van der Waals surface area contributed by atoms with Crippen LogP contribution in [-0.4, -0.2) is 19.0 Å². The van der Waals surface area contributed by atoms with Crippen molar-refractivity contribution in [1.82, 2.24) is 0 Å². The second-order valence-corrected chi connectivity index (χ2v) is 9.83. The van der Waals surface area contributed by atoms with E-state index in [1.807, 2.05) is 26.8 Å². The van der Waals surface area contributed by atoms with Gasteiger partial charge in [0.1, 0.15) is 12.0 Å². The van der Waals surface area contributed by atoms with Gasteiger partial charge in [-0.2, -0.15) is 0 Å². The maximum absolute atomic E-state index is 12.1. The highest BCUT2D eigenvalue weighted by Gasteiger charge is 2.33. The van der Waals surface area contributed by atoms with Crippen LogP contribution in [0, 0.1) is 18.3 Å². The number of nitrogens with two attached hydrogens (primary N) is 1. The third kappa shape index (κ3) is 11.6. The first-order valence-corrected chi connectivity index (χ1v) is 13.1. The third-order valence-corrected chi connectivity index (χ3v) is 6.61. The first-order valence-electron chi connectivity index (χ1n) is 13.1. The Morgan fingerprint density at radius 1 is 1.24 bits per heavy atom. The molecule has 0 radical (unpaired) electrons. The molecule has 0 bridgehead atoms. The molecular formula is C31H54FNO. The summed E-state index contributed by atoms with van der Waals surface area (Å²) in [6.07, 6.45) is 12.3. The van der Waals surface area contributed by atoms with Crippen LogP contribution in [0.3, 0.4) is 0 Å². The number of hydrogen-bond donors (Lipinski definition) is 1. The van der Waals surface area contributed by atoms with Gasteiger partial charge >= 0.3 is 0 Å². The van der Waals surface area contributed by atoms with Gasteiger partial charge in [-0.05, 0) is 113 Å². The number of benzene rings is 1. The Hall–Kier alpha value is -1.74. The van der Waals surface area contributed by atoms with Crippen LogP contribution in [-0.2, 0) is 17.6 Å². The minimum atomic E-state index is -0.958. The van der Waals surface area contributed by atoms with Crippen molar-refractivity contribution in [3.63, 3.8) is 0 Å². The molecule has 0 spiro atoms. The summed E-state index contributed by atoms with van der Waals surface area (Å²) >= 11 is 0. The van der Waals surface area contributed by atoms with Gasteiger partial charge in [-0.15, -0.1) is 0 Å². The third-order valence-electron chi connectivity index (χ3n) is 6.61. The van der Waals surface area contributed by atoms with Gasteiger partial charge in [0, 0.05) is 0 Å². The fourth-order valence-corrected chi connectivity index (χ4v) is 3.82. The molecule has 2 aliphatic rings. The second-order valence-electron chi connectivity index (χ2n) is 9.83. The van der Waals surface area contributed by atoms with Crippen molar-refractivity contribution in [2.75, 3.05) is 7.05 Å². The van der Waals surface area contributed by atoms with Crippen molar-refractivity contribution in [1.29, 1.82) is 0 Å². The molecule has 1 saturated carbocycles. The van der Waals surface area contributed by atoms with Crippen molar-refractivity contribution >= 4 is 18.4 Å². The molecule has 2 N–H and O–H groups in total. The quantitative estimate of drug-likeness (QED) is 0.432. The van der Waals surface area contributed by atoms with Crippen molar-refractivity contribution < 1.29 is 9.18 Å². The van der Waals surface area contributed by atoms with E-state index in [0.717, 1.165) is 12.2 Å². The maximum atomic E-state index is 12.1. The highest BCUT2D eigenvalue weighted by Crippen LogP contribution is 2.43. The molecule has 0 amide bonds. The molecule has 0 saturated heterocycles. The van der Waals surface area contributed by atoms with Crippen LogP contribution in [0.1, 0.15) is 116 Å². The summed E-state index contributed by atoms with van der Waals surface area (Å²) in [6.45, 7) is 23.9. The Balaban J connectivity index is 0.